The molecule has 2 rings (SSSR count). The standard InChI is InChI=1S/C18H24O/c1-3-5-6-7-14-19-18-13-9-11-16-15(4-2)10-8-12-17(16)18/h8-13H,3-7,14H2,1-2H3. The smallest absolute Gasteiger partial charge is 0.127 e. The number of fused-ring (bicyclic) bond motifs is 1. The van der Waals surface area contributed by atoms with Gasteiger partial charge in [0.2, 0.25) is 0 Å². The Hall–Kier alpha value is -1.50. The van der Waals surface area contributed by atoms with E-state index in [1.54, 1.807) is 0 Å². The number of ether oxygens (including phenoxy) is 1. The molecule has 0 N–H and O–H groups in total. The van der Waals surface area contributed by atoms with Gasteiger partial charge in [0, 0.05) is 5.39 Å². The topological polar surface area (TPSA) is 9.23 Å². The average molecular weight is 256 g/mol. The first-order valence-corrected chi connectivity index (χ1v) is 7.50. The van der Waals surface area contributed by atoms with Crippen molar-refractivity contribution in [2.24, 2.45) is 0 Å². The van der Waals surface area contributed by atoms with E-state index in [1.807, 2.05) is 0 Å². The molecule has 0 saturated heterocycles. The third kappa shape index (κ3) is 3.50. The zero-order valence-corrected chi connectivity index (χ0v) is 12.1. The van der Waals surface area contributed by atoms with E-state index in [9.17, 15) is 0 Å². The number of hydrogen-bond acceptors (Lipinski definition) is 1. The summed E-state index contributed by atoms with van der Waals surface area (Å²) >= 11 is 0. The van der Waals surface area contributed by atoms with Gasteiger partial charge < -0.3 is 4.74 Å². The molecule has 0 aliphatic carbocycles. The highest BCUT2D eigenvalue weighted by molar-refractivity contribution is 5.90. The lowest BCUT2D eigenvalue weighted by Gasteiger charge is -2.11. The minimum Gasteiger partial charge on any atom is -0.493 e. The van der Waals surface area contributed by atoms with E-state index >= 15 is 0 Å². The normalized spacial score (nSPS) is 10.8. The molecule has 1 heteroatoms. The van der Waals surface area contributed by atoms with Gasteiger partial charge >= 0.3 is 0 Å². The van der Waals surface area contributed by atoms with E-state index in [0.29, 0.717) is 0 Å². The van der Waals surface area contributed by atoms with E-state index < -0.39 is 0 Å². The highest BCUT2D eigenvalue weighted by Gasteiger charge is 2.04. The number of benzene rings is 2. The van der Waals surface area contributed by atoms with E-state index in [2.05, 4.69) is 50.2 Å². The molecule has 102 valence electrons. The van der Waals surface area contributed by atoms with Crippen LogP contribution in [-0.2, 0) is 6.42 Å². The van der Waals surface area contributed by atoms with Crippen LogP contribution in [-0.4, -0.2) is 6.61 Å². The van der Waals surface area contributed by atoms with Crippen LogP contribution in [0.4, 0.5) is 0 Å². The van der Waals surface area contributed by atoms with Crippen LogP contribution >= 0.6 is 0 Å². The molecule has 0 heterocycles. The van der Waals surface area contributed by atoms with Gasteiger partial charge in [0.05, 0.1) is 6.61 Å². The first-order valence-electron chi connectivity index (χ1n) is 7.50. The molecule has 0 radical (unpaired) electrons. The largest absolute Gasteiger partial charge is 0.493 e. The van der Waals surface area contributed by atoms with Crippen molar-refractivity contribution in [1.82, 2.24) is 0 Å². The van der Waals surface area contributed by atoms with Crippen LogP contribution in [0.3, 0.4) is 0 Å². The van der Waals surface area contributed by atoms with Crippen LogP contribution in [0, 0.1) is 0 Å². The summed E-state index contributed by atoms with van der Waals surface area (Å²) in [6, 6.07) is 12.9. The van der Waals surface area contributed by atoms with E-state index in [1.165, 1.54) is 35.6 Å². The minimum absolute atomic E-state index is 0.829. The molecule has 0 aromatic heterocycles. The fourth-order valence-electron chi connectivity index (χ4n) is 2.49. The van der Waals surface area contributed by atoms with Crippen LogP contribution in [0.5, 0.6) is 5.75 Å². The molecule has 19 heavy (non-hydrogen) atoms. The third-order valence-corrected chi connectivity index (χ3v) is 3.61. The lowest BCUT2D eigenvalue weighted by atomic mass is 10.0. The Bertz CT molecular complexity index is 516. The van der Waals surface area contributed by atoms with Gasteiger partial charge in [-0.3, -0.25) is 0 Å². The van der Waals surface area contributed by atoms with Crippen molar-refractivity contribution in [3.63, 3.8) is 0 Å². The van der Waals surface area contributed by atoms with Crippen LogP contribution in [0.15, 0.2) is 36.4 Å². The van der Waals surface area contributed by atoms with Crippen LogP contribution < -0.4 is 4.74 Å². The maximum atomic E-state index is 5.97. The molecule has 1 nitrogen and oxygen atoms in total. The van der Waals surface area contributed by atoms with Gasteiger partial charge in [-0.1, -0.05) is 63.4 Å². The first-order chi connectivity index (χ1) is 9.36. The zero-order chi connectivity index (χ0) is 13.5. The maximum absolute atomic E-state index is 5.97. The molecule has 2 aromatic carbocycles. The first kappa shape index (κ1) is 13.9. The number of aryl methyl sites for hydroxylation is 1. The summed E-state index contributed by atoms with van der Waals surface area (Å²) in [5.74, 6) is 1.03. The second kappa shape index (κ2) is 7.18. The van der Waals surface area contributed by atoms with Crippen molar-refractivity contribution >= 4 is 10.8 Å². The molecule has 0 bridgehead atoms. The van der Waals surface area contributed by atoms with E-state index in [-0.39, 0.29) is 0 Å². The fraction of sp³-hybridized carbons (Fsp3) is 0.444. The Labute approximate surface area is 116 Å². The van der Waals surface area contributed by atoms with Gasteiger partial charge in [-0.05, 0) is 29.9 Å². The molecule has 0 spiro atoms. The predicted molar refractivity (Wildman–Crippen MR) is 83.0 cm³/mol. The zero-order valence-electron chi connectivity index (χ0n) is 12.1. The molecule has 0 fully saturated rings. The Morgan fingerprint density at radius 2 is 1.63 bits per heavy atom. The Morgan fingerprint density at radius 3 is 2.42 bits per heavy atom. The van der Waals surface area contributed by atoms with E-state index in [4.69, 9.17) is 4.74 Å². The van der Waals surface area contributed by atoms with Gasteiger partial charge in [-0.15, -0.1) is 0 Å². The molecule has 0 unspecified atom stereocenters. The van der Waals surface area contributed by atoms with E-state index in [0.717, 1.165) is 25.2 Å². The Kier molecular flexibility index (Phi) is 5.26. The molecule has 2 aromatic rings. The van der Waals surface area contributed by atoms with Gasteiger partial charge in [-0.25, -0.2) is 0 Å². The summed E-state index contributed by atoms with van der Waals surface area (Å²) in [7, 11) is 0. The highest BCUT2D eigenvalue weighted by atomic mass is 16.5. The van der Waals surface area contributed by atoms with Crippen molar-refractivity contribution in [1.29, 1.82) is 0 Å². The summed E-state index contributed by atoms with van der Waals surface area (Å²) < 4.78 is 5.97. The van der Waals surface area contributed by atoms with Gasteiger partial charge in [0.15, 0.2) is 0 Å². The molecular formula is C18H24O. The molecule has 0 amide bonds. The van der Waals surface area contributed by atoms with Crippen molar-refractivity contribution in [2.45, 2.75) is 46.0 Å². The molecular weight excluding hydrogens is 232 g/mol. The van der Waals surface area contributed by atoms with Crippen LogP contribution in [0.25, 0.3) is 10.8 Å². The molecule has 0 saturated carbocycles. The van der Waals surface area contributed by atoms with Crippen LogP contribution in [0.1, 0.15) is 45.1 Å². The lowest BCUT2D eigenvalue weighted by molar-refractivity contribution is 0.308. The summed E-state index contributed by atoms with van der Waals surface area (Å²) in [5, 5.41) is 2.58. The monoisotopic (exact) mass is 256 g/mol. The number of hydrogen-bond donors (Lipinski definition) is 0. The SMILES string of the molecule is CCCCCCOc1cccc2c(CC)cccc12. The number of rotatable bonds is 7. The summed E-state index contributed by atoms with van der Waals surface area (Å²) in [5.41, 5.74) is 1.40. The number of unbranched alkanes of at least 4 members (excludes halogenated alkanes) is 3. The fourth-order valence-corrected chi connectivity index (χ4v) is 2.49. The van der Waals surface area contributed by atoms with Crippen LogP contribution in [0.2, 0.25) is 0 Å². The highest BCUT2D eigenvalue weighted by Crippen LogP contribution is 2.28. The predicted octanol–water partition coefficient (Wildman–Crippen LogP) is 5.36. The van der Waals surface area contributed by atoms with Crippen molar-refractivity contribution < 1.29 is 4.74 Å². The van der Waals surface area contributed by atoms with Gasteiger partial charge in [0.1, 0.15) is 5.75 Å². The van der Waals surface area contributed by atoms with Crippen molar-refractivity contribution in [3.05, 3.63) is 42.0 Å². The molecule has 0 atom stereocenters. The van der Waals surface area contributed by atoms with Gasteiger partial charge in [0.25, 0.3) is 0 Å². The molecule has 0 aliphatic heterocycles. The molecule has 0 aliphatic rings. The van der Waals surface area contributed by atoms with Gasteiger partial charge in [-0.2, -0.15) is 0 Å². The van der Waals surface area contributed by atoms with Crippen molar-refractivity contribution in [2.75, 3.05) is 6.61 Å². The lowest BCUT2D eigenvalue weighted by Crippen LogP contribution is -1.98. The quantitative estimate of drug-likeness (QED) is 0.606. The second-order valence-electron chi connectivity index (χ2n) is 5.03. The maximum Gasteiger partial charge on any atom is 0.127 e. The summed E-state index contributed by atoms with van der Waals surface area (Å²) in [6.07, 6.45) is 6.06. The Morgan fingerprint density at radius 1 is 0.842 bits per heavy atom. The summed E-state index contributed by atoms with van der Waals surface area (Å²) in [4.78, 5) is 0. The average Bonchev–Trinajstić information content (AvgIpc) is 2.46. The Balaban J connectivity index is 2.10. The third-order valence-electron chi connectivity index (χ3n) is 3.61. The minimum atomic E-state index is 0.829. The second-order valence-corrected chi connectivity index (χ2v) is 5.03. The summed E-state index contributed by atoms with van der Waals surface area (Å²) in [6.45, 7) is 5.26. The van der Waals surface area contributed by atoms with Crippen molar-refractivity contribution in [3.8, 4) is 5.75 Å².